The molecule has 0 aromatic heterocycles. The largest absolute Gasteiger partial charge is 0.462 e. The van der Waals surface area contributed by atoms with Crippen LogP contribution in [0, 0.1) is 0 Å². The molecule has 0 radical (unpaired) electrons. The van der Waals surface area contributed by atoms with E-state index in [2.05, 4.69) is 45.1 Å². The Balaban J connectivity index is 4.24. The summed E-state index contributed by atoms with van der Waals surface area (Å²) in [6.07, 6.45) is 51.6. The molecule has 1 unspecified atom stereocenters. The van der Waals surface area contributed by atoms with Crippen LogP contribution in [0.15, 0.2) is 24.3 Å². The summed E-state index contributed by atoms with van der Waals surface area (Å²) in [6.45, 7) is 6.59. The Hall–Kier alpha value is -2.11. The van der Waals surface area contributed by atoms with Crippen LogP contribution in [-0.2, 0) is 28.6 Å². The van der Waals surface area contributed by atoms with Crippen LogP contribution in [-0.4, -0.2) is 37.2 Å². The maximum atomic E-state index is 12.7. The number of rotatable bonds is 45. The third kappa shape index (κ3) is 44.8. The van der Waals surface area contributed by atoms with Gasteiger partial charge in [-0.05, 0) is 51.4 Å². The summed E-state index contributed by atoms with van der Waals surface area (Å²) in [5.74, 6) is -0.867. The van der Waals surface area contributed by atoms with Gasteiger partial charge in [0.1, 0.15) is 13.2 Å². The second kappa shape index (κ2) is 46.6. The van der Waals surface area contributed by atoms with Crippen molar-refractivity contribution in [2.24, 2.45) is 0 Å². The number of unbranched alkanes of at least 4 members (excludes halogenated alkanes) is 30. The first-order valence-electron chi connectivity index (χ1n) is 24.8. The molecule has 0 aliphatic heterocycles. The molecule has 0 rings (SSSR count). The van der Waals surface area contributed by atoms with E-state index in [4.69, 9.17) is 14.2 Å². The molecule has 0 amide bonds. The molecule has 1 atom stereocenters. The Labute approximate surface area is 353 Å². The number of hydrogen-bond acceptors (Lipinski definition) is 6. The summed E-state index contributed by atoms with van der Waals surface area (Å²) in [6, 6.07) is 0. The maximum Gasteiger partial charge on any atom is 0.306 e. The fourth-order valence-electron chi connectivity index (χ4n) is 7.18. The Morgan fingerprint density at radius 1 is 0.351 bits per heavy atom. The molecule has 0 aromatic rings. The van der Waals surface area contributed by atoms with E-state index in [0.717, 1.165) is 64.2 Å². The normalized spacial score (nSPS) is 12.1. The molecule has 0 fully saturated rings. The Bertz CT molecular complexity index is 927. The molecule has 0 N–H and O–H groups in total. The first-order valence-corrected chi connectivity index (χ1v) is 24.8. The number of esters is 3. The fraction of sp³-hybridized carbons (Fsp3) is 0.863. The molecule has 0 saturated carbocycles. The van der Waals surface area contributed by atoms with Crippen LogP contribution in [0.25, 0.3) is 0 Å². The number of hydrogen-bond donors (Lipinski definition) is 0. The lowest BCUT2D eigenvalue weighted by Crippen LogP contribution is -2.30. The molecule has 0 spiro atoms. The van der Waals surface area contributed by atoms with Crippen LogP contribution >= 0.6 is 0 Å². The number of allylic oxidation sites excluding steroid dienone is 4. The Kier molecular flexibility index (Phi) is 44.9. The molecule has 0 aliphatic carbocycles. The van der Waals surface area contributed by atoms with Crippen LogP contribution in [0.2, 0.25) is 0 Å². The monoisotopic (exact) mass is 803 g/mol. The highest BCUT2D eigenvalue weighted by Gasteiger charge is 2.19. The summed E-state index contributed by atoms with van der Waals surface area (Å²) in [4.78, 5) is 37.7. The zero-order valence-corrected chi connectivity index (χ0v) is 38.1. The summed E-state index contributed by atoms with van der Waals surface area (Å²) in [5.41, 5.74) is 0. The third-order valence-electron chi connectivity index (χ3n) is 11.0. The van der Waals surface area contributed by atoms with Gasteiger partial charge in [0.2, 0.25) is 0 Å². The first kappa shape index (κ1) is 54.9. The average Bonchev–Trinajstić information content (AvgIpc) is 3.21. The number of ether oxygens (including phenoxy) is 3. The van der Waals surface area contributed by atoms with Gasteiger partial charge in [-0.25, -0.2) is 0 Å². The average molecular weight is 803 g/mol. The lowest BCUT2D eigenvalue weighted by molar-refractivity contribution is -0.167. The summed E-state index contributed by atoms with van der Waals surface area (Å²) >= 11 is 0. The van der Waals surface area contributed by atoms with Crippen molar-refractivity contribution in [2.75, 3.05) is 13.2 Å². The zero-order chi connectivity index (χ0) is 41.5. The van der Waals surface area contributed by atoms with E-state index in [0.29, 0.717) is 19.3 Å². The van der Waals surface area contributed by atoms with Gasteiger partial charge in [0.05, 0.1) is 0 Å². The van der Waals surface area contributed by atoms with Crippen LogP contribution < -0.4 is 0 Å². The van der Waals surface area contributed by atoms with Crippen LogP contribution in [0.5, 0.6) is 0 Å². The van der Waals surface area contributed by atoms with Gasteiger partial charge in [-0.15, -0.1) is 0 Å². The van der Waals surface area contributed by atoms with Crippen molar-refractivity contribution >= 4 is 17.9 Å². The highest BCUT2D eigenvalue weighted by molar-refractivity contribution is 5.71. The molecule has 334 valence electrons. The van der Waals surface area contributed by atoms with Crippen molar-refractivity contribution in [1.29, 1.82) is 0 Å². The van der Waals surface area contributed by atoms with Gasteiger partial charge in [-0.2, -0.15) is 0 Å². The molecule has 57 heavy (non-hydrogen) atoms. The van der Waals surface area contributed by atoms with Crippen molar-refractivity contribution in [3.63, 3.8) is 0 Å². The molecule has 0 bridgehead atoms. The standard InChI is InChI=1S/C51H94O6/c1-4-7-10-13-16-19-21-23-24-25-26-27-28-29-31-32-35-38-41-44-50(53)56-47-48(46-55-49(52)43-40-37-34-18-15-12-9-6-3)57-51(54)45-42-39-36-33-30-22-20-17-14-11-8-5-2/h16,19,23-24,48H,4-15,17-18,20-22,25-47H2,1-3H3/b19-16-,24-23-. The lowest BCUT2D eigenvalue weighted by atomic mass is 10.0. The number of carbonyl (C=O) groups is 3. The predicted octanol–water partition coefficient (Wildman–Crippen LogP) is 16.0. The molecule has 0 aromatic carbocycles. The molecular formula is C51H94O6. The topological polar surface area (TPSA) is 78.9 Å². The highest BCUT2D eigenvalue weighted by atomic mass is 16.6. The maximum absolute atomic E-state index is 12.7. The van der Waals surface area contributed by atoms with E-state index in [1.165, 1.54) is 161 Å². The fourth-order valence-corrected chi connectivity index (χ4v) is 7.18. The Morgan fingerprint density at radius 2 is 0.632 bits per heavy atom. The van der Waals surface area contributed by atoms with Crippen LogP contribution in [0.3, 0.4) is 0 Å². The van der Waals surface area contributed by atoms with E-state index in [-0.39, 0.29) is 31.1 Å². The van der Waals surface area contributed by atoms with Gasteiger partial charge < -0.3 is 14.2 Å². The highest BCUT2D eigenvalue weighted by Crippen LogP contribution is 2.15. The van der Waals surface area contributed by atoms with Crippen molar-refractivity contribution in [1.82, 2.24) is 0 Å². The number of carbonyl (C=O) groups excluding carboxylic acids is 3. The molecule has 0 saturated heterocycles. The van der Waals surface area contributed by atoms with Gasteiger partial charge in [-0.3, -0.25) is 14.4 Å². The first-order chi connectivity index (χ1) is 28.0. The summed E-state index contributed by atoms with van der Waals surface area (Å²) < 4.78 is 16.7. The zero-order valence-electron chi connectivity index (χ0n) is 38.1. The van der Waals surface area contributed by atoms with Crippen molar-refractivity contribution in [3.05, 3.63) is 24.3 Å². The summed E-state index contributed by atoms with van der Waals surface area (Å²) in [5, 5.41) is 0. The summed E-state index contributed by atoms with van der Waals surface area (Å²) in [7, 11) is 0. The van der Waals surface area contributed by atoms with Crippen molar-refractivity contribution in [3.8, 4) is 0 Å². The minimum Gasteiger partial charge on any atom is -0.462 e. The Morgan fingerprint density at radius 3 is 1.00 bits per heavy atom. The van der Waals surface area contributed by atoms with Gasteiger partial charge >= 0.3 is 17.9 Å². The quantitative estimate of drug-likeness (QED) is 0.0264. The van der Waals surface area contributed by atoms with Gasteiger partial charge in [0.15, 0.2) is 6.10 Å². The minimum atomic E-state index is -0.764. The second-order valence-corrected chi connectivity index (χ2v) is 16.7. The smallest absolute Gasteiger partial charge is 0.306 e. The second-order valence-electron chi connectivity index (χ2n) is 16.7. The van der Waals surface area contributed by atoms with Crippen LogP contribution in [0.4, 0.5) is 0 Å². The minimum absolute atomic E-state index is 0.0686. The predicted molar refractivity (Wildman–Crippen MR) is 243 cm³/mol. The van der Waals surface area contributed by atoms with E-state index >= 15 is 0 Å². The van der Waals surface area contributed by atoms with E-state index in [1.54, 1.807) is 0 Å². The van der Waals surface area contributed by atoms with E-state index < -0.39 is 6.10 Å². The van der Waals surface area contributed by atoms with Crippen molar-refractivity contribution in [2.45, 2.75) is 271 Å². The van der Waals surface area contributed by atoms with E-state index in [1.807, 2.05) is 0 Å². The SMILES string of the molecule is CCCCC/C=C\C/C=C\CCCCCCCCCCCC(=O)OCC(COC(=O)CCCCCCCCCC)OC(=O)CCCCCCCCCCCCCC. The van der Waals surface area contributed by atoms with Gasteiger partial charge in [0, 0.05) is 19.3 Å². The molecule has 6 heteroatoms. The van der Waals surface area contributed by atoms with Gasteiger partial charge in [-0.1, -0.05) is 218 Å². The van der Waals surface area contributed by atoms with Crippen molar-refractivity contribution < 1.29 is 28.6 Å². The lowest BCUT2D eigenvalue weighted by Gasteiger charge is -2.18. The van der Waals surface area contributed by atoms with Gasteiger partial charge in [0.25, 0.3) is 0 Å². The molecule has 0 aliphatic rings. The van der Waals surface area contributed by atoms with E-state index in [9.17, 15) is 14.4 Å². The molecular weight excluding hydrogens is 709 g/mol. The van der Waals surface area contributed by atoms with Crippen LogP contribution in [0.1, 0.15) is 265 Å². The molecule has 0 heterocycles. The molecule has 6 nitrogen and oxygen atoms in total. The third-order valence-corrected chi connectivity index (χ3v) is 11.0.